The van der Waals surface area contributed by atoms with Crippen molar-refractivity contribution in [2.45, 2.75) is 13.8 Å². The molecule has 0 aliphatic carbocycles. The van der Waals surface area contributed by atoms with Gasteiger partial charge in [0.05, 0.1) is 25.9 Å². The van der Waals surface area contributed by atoms with E-state index < -0.39 is 7.26 Å². The molecule has 0 heterocycles. The molecule has 0 fully saturated rings. The van der Waals surface area contributed by atoms with Gasteiger partial charge in [-0.15, -0.1) is 0 Å². The zero-order valence-electron chi connectivity index (χ0n) is 11.1. The molecule has 2 aromatic rings. The topological polar surface area (TPSA) is 0 Å². The Morgan fingerprint density at radius 2 is 1.41 bits per heavy atom. The van der Waals surface area contributed by atoms with Crippen LogP contribution in [0.2, 0.25) is 0 Å². The molecule has 0 unspecified atom stereocenters. The van der Waals surface area contributed by atoms with Gasteiger partial charge in [-0.25, -0.2) is 0 Å². The van der Waals surface area contributed by atoms with Crippen molar-refractivity contribution in [3.63, 3.8) is 0 Å². The lowest BCUT2D eigenvalue weighted by atomic mass is 10.1. The third-order valence-electron chi connectivity index (χ3n) is 3.58. The van der Waals surface area contributed by atoms with Crippen LogP contribution in [-0.2, 0) is 0 Å². The van der Waals surface area contributed by atoms with Gasteiger partial charge in [-0.3, -0.25) is 0 Å². The van der Waals surface area contributed by atoms with Gasteiger partial charge in [0.15, 0.2) is 0 Å². The van der Waals surface area contributed by atoms with E-state index in [2.05, 4.69) is 75.7 Å². The summed E-state index contributed by atoms with van der Waals surface area (Å²) in [4.78, 5) is 0. The Hall–Kier alpha value is -1.13. The van der Waals surface area contributed by atoms with Crippen molar-refractivity contribution in [2.24, 2.45) is 0 Å². The maximum absolute atomic E-state index is 2.41. The summed E-state index contributed by atoms with van der Waals surface area (Å²) in [6.45, 7) is 9.26. The van der Waals surface area contributed by atoms with Crippen molar-refractivity contribution in [2.75, 3.05) is 13.3 Å². The first-order valence-corrected chi connectivity index (χ1v) is 8.68. The molecule has 0 aliphatic rings. The first-order chi connectivity index (χ1) is 8.03. The third kappa shape index (κ3) is 2.28. The highest BCUT2D eigenvalue weighted by atomic mass is 31.2. The first-order valence-electron chi connectivity index (χ1n) is 6.00. The predicted molar refractivity (Wildman–Crippen MR) is 80.4 cm³/mol. The summed E-state index contributed by atoms with van der Waals surface area (Å²) in [5.41, 5.74) is 2.85. The highest BCUT2D eigenvalue weighted by Crippen LogP contribution is 2.49. The number of benzene rings is 2. The summed E-state index contributed by atoms with van der Waals surface area (Å²) in [7, 11) is -1.21. The molecule has 0 N–H and O–H groups in total. The van der Waals surface area contributed by atoms with Crippen LogP contribution in [0.25, 0.3) is 0 Å². The van der Waals surface area contributed by atoms with E-state index in [1.54, 1.807) is 0 Å². The smallest absolute Gasteiger partial charge is 0.0620 e. The molecule has 0 nitrogen and oxygen atoms in total. The molecule has 0 saturated carbocycles. The molecule has 0 amide bonds. The molecule has 0 saturated heterocycles. The Morgan fingerprint density at radius 1 is 0.765 bits per heavy atom. The van der Waals surface area contributed by atoms with Crippen LogP contribution in [0, 0.1) is 13.8 Å². The van der Waals surface area contributed by atoms with Crippen molar-refractivity contribution in [3.8, 4) is 0 Å². The quantitative estimate of drug-likeness (QED) is 0.708. The molecule has 0 atom stereocenters. The monoisotopic (exact) mass is 243 g/mol. The second-order valence-corrected chi connectivity index (χ2v) is 8.91. The Bertz CT molecular complexity index is 512. The lowest BCUT2D eigenvalue weighted by Crippen LogP contribution is -2.22. The zero-order chi connectivity index (χ0) is 12.5. The number of hydrogen-bond donors (Lipinski definition) is 0. The van der Waals surface area contributed by atoms with Gasteiger partial charge >= 0.3 is 0 Å². The molecule has 0 radical (unpaired) electrons. The van der Waals surface area contributed by atoms with Gasteiger partial charge in [0.1, 0.15) is 5.30 Å². The average molecular weight is 243 g/mol. The minimum atomic E-state index is -1.21. The average Bonchev–Trinajstić information content (AvgIpc) is 2.33. The van der Waals surface area contributed by atoms with E-state index in [9.17, 15) is 0 Å². The summed E-state index contributed by atoms with van der Waals surface area (Å²) in [5, 5.41) is 3.01. The molecule has 88 valence electrons. The van der Waals surface area contributed by atoms with Gasteiger partial charge in [-0.1, -0.05) is 30.3 Å². The molecule has 17 heavy (non-hydrogen) atoms. The Balaban J connectivity index is 2.56. The van der Waals surface area contributed by atoms with Crippen molar-refractivity contribution in [1.29, 1.82) is 0 Å². The van der Waals surface area contributed by atoms with Gasteiger partial charge in [0.25, 0.3) is 0 Å². The van der Waals surface area contributed by atoms with Crippen molar-refractivity contribution in [1.82, 2.24) is 0 Å². The van der Waals surface area contributed by atoms with Crippen LogP contribution in [-0.4, -0.2) is 13.3 Å². The van der Waals surface area contributed by atoms with Crippen LogP contribution in [0.15, 0.2) is 48.5 Å². The van der Waals surface area contributed by atoms with Gasteiger partial charge in [0.2, 0.25) is 0 Å². The highest BCUT2D eigenvalue weighted by Gasteiger charge is 2.32. The van der Waals surface area contributed by atoms with Crippen LogP contribution in [0.1, 0.15) is 11.1 Å². The van der Waals surface area contributed by atoms with Crippen LogP contribution in [0.4, 0.5) is 0 Å². The number of aryl methyl sites for hydroxylation is 1. The molecule has 0 aromatic heterocycles. The number of hydrogen-bond acceptors (Lipinski definition) is 0. The van der Waals surface area contributed by atoms with Crippen molar-refractivity contribution >= 4 is 17.9 Å². The SMILES string of the molecule is Cc1cccc([P+](C)(C)c2ccccc2)c1C. The van der Waals surface area contributed by atoms with Crippen LogP contribution in [0.3, 0.4) is 0 Å². The number of rotatable bonds is 2. The predicted octanol–water partition coefficient (Wildman–Crippen LogP) is 3.53. The Morgan fingerprint density at radius 3 is 2.06 bits per heavy atom. The molecular weight excluding hydrogens is 223 g/mol. The fourth-order valence-electron chi connectivity index (χ4n) is 2.28. The zero-order valence-corrected chi connectivity index (χ0v) is 12.0. The fourth-order valence-corrected chi connectivity index (χ4v) is 4.95. The molecule has 0 spiro atoms. The normalized spacial score (nSPS) is 11.5. The second kappa shape index (κ2) is 4.63. The largest absolute Gasteiger partial charge is 0.102 e. The Labute approximate surface area is 105 Å². The standard InChI is InChI=1S/C16H20P/c1-13-9-8-12-16(14(13)2)17(3,4)15-10-6-5-7-11-15/h5-12H,1-4H3/q+1. The second-order valence-electron chi connectivity index (χ2n) is 5.01. The van der Waals surface area contributed by atoms with Gasteiger partial charge < -0.3 is 0 Å². The molecule has 0 bridgehead atoms. The lowest BCUT2D eigenvalue weighted by molar-refractivity contribution is 1.37. The van der Waals surface area contributed by atoms with Crippen LogP contribution in [0.5, 0.6) is 0 Å². The van der Waals surface area contributed by atoms with Crippen LogP contribution < -0.4 is 10.6 Å². The Kier molecular flexibility index (Phi) is 3.35. The van der Waals surface area contributed by atoms with E-state index in [0.717, 1.165) is 0 Å². The fraction of sp³-hybridized carbons (Fsp3) is 0.250. The summed E-state index contributed by atoms with van der Waals surface area (Å²) in [5.74, 6) is 0. The molecule has 1 heteroatoms. The van der Waals surface area contributed by atoms with E-state index in [-0.39, 0.29) is 0 Å². The molecule has 0 aliphatic heterocycles. The van der Waals surface area contributed by atoms with E-state index in [4.69, 9.17) is 0 Å². The van der Waals surface area contributed by atoms with Crippen molar-refractivity contribution < 1.29 is 0 Å². The maximum atomic E-state index is 2.41. The maximum Gasteiger partial charge on any atom is 0.102 e. The van der Waals surface area contributed by atoms with Gasteiger partial charge in [-0.05, 0) is 43.2 Å². The third-order valence-corrected chi connectivity index (χ3v) is 6.86. The van der Waals surface area contributed by atoms with Crippen molar-refractivity contribution in [3.05, 3.63) is 59.7 Å². The highest BCUT2D eigenvalue weighted by molar-refractivity contribution is 7.88. The molecule has 2 aromatic carbocycles. The summed E-state index contributed by atoms with van der Waals surface area (Å²) in [6.07, 6.45) is 0. The minimum absolute atomic E-state index is 1.21. The summed E-state index contributed by atoms with van der Waals surface area (Å²) >= 11 is 0. The van der Waals surface area contributed by atoms with Crippen LogP contribution >= 0.6 is 7.26 Å². The first kappa shape index (κ1) is 12.3. The summed E-state index contributed by atoms with van der Waals surface area (Å²) in [6, 6.07) is 17.6. The van der Waals surface area contributed by atoms with E-state index in [1.165, 1.54) is 21.7 Å². The molecule has 2 rings (SSSR count). The van der Waals surface area contributed by atoms with Gasteiger partial charge in [0, 0.05) is 0 Å². The lowest BCUT2D eigenvalue weighted by Gasteiger charge is -2.20. The van der Waals surface area contributed by atoms with E-state index >= 15 is 0 Å². The summed E-state index contributed by atoms with van der Waals surface area (Å²) < 4.78 is 0. The van der Waals surface area contributed by atoms with E-state index in [1.807, 2.05) is 0 Å². The van der Waals surface area contributed by atoms with Gasteiger partial charge in [-0.2, -0.15) is 0 Å². The molecular formula is C16H20P+. The minimum Gasteiger partial charge on any atom is -0.0620 e. The van der Waals surface area contributed by atoms with E-state index in [0.29, 0.717) is 0 Å².